The molecular weight excluding hydrogens is 216 g/mol. The Morgan fingerprint density at radius 2 is 2.06 bits per heavy atom. The summed E-state index contributed by atoms with van der Waals surface area (Å²) in [6.07, 6.45) is 0.371. The summed E-state index contributed by atoms with van der Waals surface area (Å²) in [4.78, 5) is 10.8. The highest BCUT2D eigenvalue weighted by Gasteiger charge is 2.23. The molecule has 0 aliphatic rings. The molecule has 1 aromatic carbocycles. The topological polar surface area (TPSA) is 63.3 Å². The zero-order valence-electron chi connectivity index (χ0n) is 8.84. The molecule has 0 aromatic heterocycles. The molecule has 1 aromatic rings. The second kappa shape index (κ2) is 5.03. The molecule has 0 bridgehead atoms. The van der Waals surface area contributed by atoms with Crippen LogP contribution in [0.25, 0.3) is 0 Å². The van der Waals surface area contributed by atoms with Crippen LogP contribution >= 0.6 is 0 Å². The number of benzene rings is 1. The van der Waals surface area contributed by atoms with Gasteiger partial charge in [-0.15, -0.1) is 0 Å². The number of aryl methyl sites for hydroxylation is 1. The van der Waals surface area contributed by atoms with Crippen molar-refractivity contribution in [3.8, 4) is 0 Å². The normalized spacial score (nSPS) is 12.5. The summed E-state index contributed by atoms with van der Waals surface area (Å²) in [5, 5.41) is 8.84. The molecule has 0 spiro atoms. The molecule has 3 nitrogen and oxygen atoms in total. The van der Waals surface area contributed by atoms with Crippen LogP contribution in [0.1, 0.15) is 24.0 Å². The number of halogens is 2. The van der Waals surface area contributed by atoms with Gasteiger partial charge in [-0.05, 0) is 18.1 Å². The third-order valence-electron chi connectivity index (χ3n) is 2.46. The number of hydrogen-bond donors (Lipinski definition) is 2. The van der Waals surface area contributed by atoms with E-state index in [1.54, 1.807) is 6.92 Å². The summed E-state index contributed by atoms with van der Waals surface area (Å²) >= 11 is 0. The van der Waals surface area contributed by atoms with Crippen molar-refractivity contribution in [2.45, 2.75) is 19.3 Å². The van der Waals surface area contributed by atoms with Crippen molar-refractivity contribution in [3.05, 3.63) is 34.9 Å². The predicted octanol–water partition coefficient (Wildman–Crippen LogP) is 1.65. The highest BCUT2D eigenvalue weighted by molar-refractivity contribution is 5.76. The lowest BCUT2D eigenvalue weighted by Crippen LogP contribution is -2.22. The Hall–Kier alpha value is -1.49. The minimum atomic E-state index is -1.21. The molecule has 1 rings (SSSR count). The van der Waals surface area contributed by atoms with Crippen molar-refractivity contribution in [1.82, 2.24) is 0 Å². The van der Waals surface area contributed by atoms with Gasteiger partial charge in [-0.1, -0.05) is 6.92 Å². The van der Waals surface area contributed by atoms with E-state index in [-0.39, 0.29) is 17.7 Å². The summed E-state index contributed by atoms with van der Waals surface area (Å²) in [5.41, 5.74) is 5.49. The summed E-state index contributed by atoms with van der Waals surface area (Å²) in [6, 6.07) is 1.94. The minimum absolute atomic E-state index is 0.0618. The third-order valence-corrected chi connectivity index (χ3v) is 2.46. The van der Waals surface area contributed by atoms with E-state index in [9.17, 15) is 13.6 Å². The molecule has 1 atom stereocenters. The standard InChI is InChI=1S/C11H13F2NO2/c1-2-6-3-7(8(5-14)11(15)16)10(13)4-9(6)12/h3-4,8H,2,5,14H2,1H3,(H,15,16). The Morgan fingerprint density at radius 1 is 1.44 bits per heavy atom. The molecule has 3 N–H and O–H groups in total. The van der Waals surface area contributed by atoms with Gasteiger partial charge >= 0.3 is 5.97 Å². The van der Waals surface area contributed by atoms with Crippen LogP contribution in [0, 0.1) is 11.6 Å². The fourth-order valence-corrected chi connectivity index (χ4v) is 1.51. The van der Waals surface area contributed by atoms with E-state index in [2.05, 4.69) is 0 Å². The van der Waals surface area contributed by atoms with Gasteiger partial charge in [0, 0.05) is 18.2 Å². The smallest absolute Gasteiger partial charge is 0.312 e. The second-order valence-corrected chi connectivity index (χ2v) is 3.45. The molecule has 0 aliphatic heterocycles. The number of carbonyl (C=O) groups is 1. The minimum Gasteiger partial charge on any atom is -0.481 e. The van der Waals surface area contributed by atoms with Gasteiger partial charge in [-0.25, -0.2) is 8.78 Å². The van der Waals surface area contributed by atoms with Crippen molar-refractivity contribution in [2.24, 2.45) is 5.73 Å². The molecule has 0 saturated heterocycles. The summed E-state index contributed by atoms with van der Waals surface area (Å²) in [5.74, 6) is -3.88. The zero-order chi connectivity index (χ0) is 12.3. The van der Waals surface area contributed by atoms with Crippen molar-refractivity contribution in [3.63, 3.8) is 0 Å². The maximum absolute atomic E-state index is 13.4. The van der Waals surface area contributed by atoms with Crippen molar-refractivity contribution in [1.29, 1.82) is 0 Å². The van der Waals surface area contributed by atoms with Gasteiger partial charge in [-0.3, -0.25) is 4.79 Å². The average Bonchev–Trinajstić information content (AvgIpc) is 2.21. The van der Waals surface area contributed by atoms with Gasteiger partial charge in [0.1, 0.15) is 11.6 Å². The number of carboxylic acid groups (broad SMARTS) is 1. The zero-order valence-corrected chi connectivity index (χ0v) is 8.84. The lowest BCUT2D eigenvalue weighted by atomic mass is 9.96. The molecule has 0 aliphatic carbocycles. The van der Waals surface area contributed by atoms with Crippen LogP contribution in [-0.4, -0.2) is 17.6 Å². The molecule has 0 saturated carbocycles. The first-order valence-corrected chi connectivity index (χ1v) is 4.91. The molecule has 0 radical (unpaired) electrons. The van der Waals surface area contributed by atoms with E-state index in [1.165, 1.54) is 6.07 Å². The number of nitrogens with two attached hydrogens (primary N) is 1. The predicted molar refractivity (Wildman–Crippen MR) is 55.2 cm³/mol. The Balaban J connectivity index is 3.26. The molecule has 0 heterocycles. The van der Waals surface area contributed by atoms with E-state index in [4.69, 9.17) is 10.8 Å². The van der Waals surface area contributed by atoms with E-state index < -0.39 is 23.5 Å². The van der Waals surface area contributed by atoms with Gasteiger partial charge < -0.3 is 10.8 Å². The van der Waals surface area contributed by atoms with Gasteiger partial charge in [0.2, 0.25) is 0 Å². The van der Waals surface area contributed by atoms with Crippen molar-refractivity contribution < 1.29 is 18.7 Å². The Kier molecular flexibility index (Phi) is 3.95. The first-order valence-electron chi connectivity index (χ1n) is 4.91. The molecule has 1 unspecified atom stereocenters. The Morgan fingerprint density at radius 3 is 2.50 bits per heavy atom. The monoisotopic (exact) mass is 229 g/mol. The lowest BCUT2D eigenvalue weighted by Gasteiger charge is -2.13. The van der Waals surface area contributed by atoms with Gasteiger partial charge in [0.25, 0.3) is 0 Å². The molecule has 5 heteroatoms. The SMILES string of the molecule is CCc1cc(C(CN)C(=O)O)c(F)cc1F. The van der Waals surface area contributed by atoms with Crippen LogP contribution in [0.5, 0.6) is 0 Å². The fraction of sp³-hybridized carbons (Fsp3) is 0.364. The summed E-state index contributed by atoms with van der Waals surface area (Å²) < 4.78 is 26.6. The maximum atomic E-state index is 13.4. The summed E-state index contributed by atoms with van der Waals surface area (Å²) in [6.45, 7) is 1.49. The molecule has 88 valence electrons. The average molecular weight is 229 g/mol. The van der Waals surface area contributed by atoms with E-state index >= 15 is 0 Å². The number of hydrogen-bond acceptors (Lipinski definition) is 2. The van der Waals surface area contributed by atoms with Crippen LogP contribution in [0.15, 0.2) is 12.1 Å². The number of rotatable bonds is 4. The highest BCUT2D eigenvalue weighted by atomic mass is 19.1. The number of aliphatic carboxylic acids is 1. The molecular formula is C11H13F2NO2. The summed E-state index contributed by atoms with van der Waals surface area (Å²) in [7, 11) is 0. The third kappa shape index (κ3) is 2.36. The molecule has 16 heavy (non-hydrogen) atoms. The van der Waals surface area contributed by atoms with Crippen molar-refractivity contribution in [2.75, 3.05) is 6.54 Å². The van der Waals surface area contributed by atoms with Crippen LogP contribution < -0.4 is 5.73 Å². The van der Waals surface area contributed by atoms with E-state index in [0.29, 0.717) is 12.5 Å². The van der Waals surface area contributed by atoms with Gasteiger partial charge in [-0.2, -0.15) is 0 Å². The van der Waals surface area contributed by atoms with Crippen LogP contribution in [0.2, 0.25) is 0 Å². The number of carboxylic acids is 1. The van der Waals surface area contributed by atoms with Crippen LogP contribution in [0.4, 0.5) is 8.78 Å². The molecule has 0 amide bonds. The van der Waals surface area contributed by atoms with E-state index in [1.807, 2.05) is 0 Å². The van der Waals surface area contributed by atoms with E-state index in [0.717, 1.165) is 0 Å². The first kappa shape index (κ1) is 12.6. The van der Waals surface area contributed by atoms with Crippen LogP contribution in [-0.2, 0) is 11.2 Å². The van der Waals surface area contributed by atoms with Gasteiger partial charge in [0.05, 0.1) is 5.92 Å². The second-order valence-electron chi connectivity index (χ2n) is 3.45. The lowest BCUT2D eigenvalue weighted by molar-refractivity contribution is -0.138. The Labute approximate surface area is 91.9 Å². The maximum Gasteiger partial charge on any atom is 0.312 e. The first-order chi connectivity index (χ1) is 7.51. The highest BCUT2D eigenvalue weighted by Crippen LogP contribution is 2.22. The Bertz CT molecular complexity index is 407. The fourth-order valence-electron chi connectivity index (χ4n) is 1.51. The van der Waals surface area contributed by atoms with Gasteiger partial charge in [0.15, 0.2) is 0 Å². The molecule has 0 fully saturated rings. The van der Waals surface area contributed by atoms with Crippen molar-refractivity contribution >= 4 is 5.97 Å². The van der Waals surface area contributed by atoms with Crippen LogP contribution in [0.3, 0.4) is 0 Å². The quantitative estimate of drug-likeness (QED) is 0.825. The largest absolute Gasteiger partial charge is 0.481 e.